The summed E-state index contributed by atoms with van der Waals surface area (Å²) in [5.74, 6) is -0.976. The highest BCUT2D eigenvalue weighted by molar-refractivity contribution is 6.06. The van der Waals surface area contributed by atoms with Crippen LogP contribution in [-0.4, -0.2) is 41.7 Å². The van der Waals surface area contributed by atoms with Crippen LogP contribution in [0.3, 0.4) is 0 Å². The van der Waals surface area contributed by atoms with Crippen molar-refractivity contribution in [1.82, 2.24) is 4.90 Å². The molecule has 1 heterocycles. The van der Waals surface area contributed by atoms with Gasteiger partial charge in [0, 0.05) is 12.2 Å². The number of hydrogen-bond donors (Lipinski definition) is 1. The number of ether oxygens (including phenoxy) is 1. The highest BCUT2D eigenvalue weighted by atomic mass is 16.5. The fourth-order valence-electron chi connectivity index (χ4n) is 5.25. The molecule has 3 amide bonds. The molecule has 29 heavy (non-hydrogen) atoms. The molecule has 2 bridgehead atoms. The second-order valence-electron chi connectivity index (χ2n) is 8.18. The minimum atomic E-state index is -0.593. The van der Waals surface area contributed by atoms with Gasteiger partial charge in [-0.1, -0.05) is 25.1 Å². The molecule has 0 aromatic heterocycles. The molecule has 7 heteroatoms. The van der Waals surface area contributed by atoms with Gasteiger partial charge >= 0.3 is 5.97 Å². The Morgan fingerprint density at radius 1 is 1.10 bits per heavy atom. The lowest BCUT2D eigenvalue weighted by atomic mass is 9.81. The van der Waals surface area contributed by atoms with Gasteiger partial charge in [-0.2, -0.15) is 0 Å². The molecule has 0 spiro atoms. The van der Waals surface area contributed by atoms with Gasteiger partial charge in [0.25, 0.3) is 5.91 Å². The Hall–Kier alpha value is -2.70. The number of rotatable bonds is 7. The Bertz CT molecular complexity index is 823. The number of amides is 3. The molecule has 4 rings (SSSR count). The number of nitrogens with zero attached hydrogens (tertiary/aromatic N) is 1. The average Bonchev–Trinajstić information content (AvgIpc) is 3.40. The van der Waals surface area contributed by atoms with Crippen LogP contribution in [0, 0.1) is 23.7 Å². The molecule has 3 aliphatic rings. The molecule has 1 aliphatic heterocycles. The summed E-state index contributed by atoms with van der Waals surface area (Å²) in [4.78, 5) is 50.6. The van der Waals surface area contributed by atoms with E-state index in [1.807, 2.05) is 25.1 Å². The van der Waals surface area contributed by atoms with E-state index >= 15 is 0 Å². The van der Waals surface area contributed by atoms with Crippen LogP contribution in [0.2, 0.25) is 0 Å². The second kappa shape index (κ2) is 7.97. The maximum absolute atomic E-state index is 12.6. The van der Waals surface area contributed by atoms with E-state index in [2.05, 4.69) is 5.32 Å². The van der Waals surface area contributed by atoms with Gasteiger partial charge in [-0.05, 0) is 49.1 Å². The van der Waals surface area contributed by atoms with Gasteiger partial charge < -0.3 is 10.1 Å². The lowest BCUT2D eigenvalue weighted by molar-refractivity contribution is -0.149. The summed E-state index contributed by atoms with van der Waals surface area (Å²) in [5.41, 5.74) is 1.70. The number of hydrogen-bond acceptors (Lipinski definition) is 5. The van der Waals surface area contributed by atoms with Crippen LogP contribution in [0.5, 0.6) is 0 Å². The van der Waals surface area contributed by atoms with Crippen molar-refractivity contribution in [3.05, 3.63) is 29.8 Å². The first-order valence-electron chi connectivity index (χ1n) is 10.4. The van der Waals surface area contributed by atoms with E-state index in [-0.39, 0.29) is 36.6 Å². The largest absolute Gasteiger partial charge is 0.456 e. The molecular weight excluding hydrogens is 372 g/mol. The van der Waals surface area contributed by atoms with Gasteiger partial charge in [0.2, 0.25) is 11.8 Å². The number of carbonyl (C=O) groups is 4. The van der Waals surface area contributed by atoms with Gasteiger partial charge in [0.1, 0.15) is 0 Å². The van der Waals surface area contributed by atoms with Crippen molar-refractivity contribution in [3.8, 4) is 0 Å². The Morgan fingerprint density at radius 2 is 1.76 bits per heavy atom. The molecule has 1 N–H and O–H groups in total. The minimum Gasteiger partial charge on any atom is -0.456 e. The van der Waals surface area contributed by atoms with E-state index in [1.165, 1.54) is 4.90 Å². The Labute approximate surface area is 169 Å². The van der Waals surface area contributed by atoms with Gasteiger partial charge in [0.15, 0.2) is 6.61 Å². The van der Waals surface area contributed by atoms with Gasteiger partial charge in [-0.15, -0.1) is 0 Å². The SMILES string of the molecule is CCc1ccccc1NC(=O)COC(=O)CCN1C(=O)[C@@H]2[C@@H]3CC[C@@H](C3)[C@@H]2C1=O. The zero-order valence-corrected chi connectivity index (χ0v) is 16.6. The van der Waals surface area contributed by atoms with E-state index < -0.39 is 18.5 Å². The number of benzene rings is 1. The lowest BCUT2D eigenvalue weighted by Crippen LogP contribution is -2.35. The van der Waals surface area contributed by atoms with E-state index in [0.717, 1.165) is 31.2 Å². The molecular formula is C22H26N2O5. The summed E-state index contributed by atoms with van der Waals surface area (Å²) in [6, 6.07) is 7.45. The number of fused-ring (bicyclic) bond motifs is 5. The van der Waals surface area contributed by atoms with Crippen molar-refractivity contribution in [2.75, 3.05) is 18.5 Å². The van der Waals surface area contributed by atoms with E-state index in [9.17, 15) is 19.2 Å². The molecule has 1 aromatic carbocycles. The summed E-state index contributed by atoms with van der Waals surface area (Å²) in [5, 5.41) is 2.74. The molecule has 2 aliphatic carbocycles. The molecule has 7 nitrogen and oxygen atoms in total. The third-order valence-corrected chi connectivity index (χ3v) is 6.59. The fraction of sp³-hybridized carbons (Fsp3) is 0.545. The van der Waals surface area contributed by atoms with Crippen molar-refractivity contribution >= 4 is 29.4 Å². The summed E-state index contributed by atoms with van der Waals surface area (Å²) in [6.45, 7) is 1.63. The van der Waals surface area contributed by atoms with Crippen LogP contribution in [0.1, 0.15) is 38.2 Å². The van der Waals surface area contributed by atoms with Crippen LogP contribution in [0.25, 0.3) is 0 Å². The monoisotopic (exact) mass is 398 g/mol. The van der Waals surface area contributed by atoms with E-state index in [1.54, 1.807) is 6.07 Å². The molecule has 1 saturated heterocycles. The highest BCUT2D eigenvalue weighted by Gasteiger charge is 2.60. The summed E-state index contributed by atoms with van der Waals surface area (Å²) >= 11 is 0. The Balaban J connectivity index is 1.24. The molecule has 0 unspecified atom stereocenters. The summed E-state index contributed by atoms with van der Waals surface area (Å²) < 4.78 is 5.03. The number of nitrogens with one attached hydrogen (secondary N) is 1. The summed E-state index contributed by atoms with van der Waals surface area (Å²) in [6.07, 6.45) is 3.72. The number of esters is 1. The predicted molar refractivity (Wildman–Crippen MR) is 105 cm³/mol. The molecule has 1 aromatic rings. The topological polar surface area (TPSA) is 92.8 Å². The van der Waals surface area contributed by atoms with Crippen LogP contribution in [0.15, 0.2) is 24.3 Å². The van der Waals surface area contributed by atoms with Gasteiger partial charge in [-0.25, -0.2) is 0 Å². The van der Waals surface area contributed by atoms with Gasteiger partial charge in [0.05, 0.1) is 18.3 Å². The normalized spacial score (nSPS) is 27.3. The van der Waals surface area contributed by atoms with Crippen LogP contribution >= 0.6 is 0 Å². The average molecular weight is 398 g/mol. The van der Waals surface area contributed by atoms with E-state index in [0.29, 0.717) is 17.5 Å². The molecule has 3 fully saturated rings. The molecule has 154 valence electrons. The second-order valence-corrected chi connectivity index (χ2v) is 8.18. The van der Waals surface area contributed by atoms with Crippen molar-refractivity contribution in [1.29, 1.82) is 0 Å². The van der Waals surface area contributed by atoms with Crippen molar-refractivity contribution < 1.29 is 23.9 Å². The Morgan fingerprint density at radius 3 is 2.41 bits per heavy atom. The highest BCUT2D eigenvalue weighted by Crippen LogP contribution is 2.56. The number of imide groups is 1. The van der Waals surface area contributed by atoms with Crippen molar-refractivity contribution in [2.24, 2.45) is 23.7 Å². The lowest BCUT2D eigenvalue weighted by Gasteiger charge is -2.19. The van der Waals surface area contributed by atoms with Gasteiger partial charge in [-0.3, -0.25) is 24.1 Å². The van der Waals surface area contributed by atoms with Crippen LogP contribution in [-0.2, 0) is 30.3 Å². The molecule has 0 radical (unpaired) electrons. The summed E-state index contributed by atoms with van der Waals surface area (Å²) in [7, 11) is 0. The number of likely N-dealkylation sites (tertiary alicyclic amines) is 1. The maximum Gasteiger partial charge on any atom is 0.308 e. The predicted octanol–water partition coefficient (Wildman–Crippen LogP) is 2.15. The smallest absolute Gasteiger partial charge is 0.308 e. The first-order chi connectivity index (χ1) is 14.0. The third-order valence-electron chi connectivity index (χ3n) is 6.59. The van der Waals surface area contributed by atoms with Crippen molar-refractivity contribution in [3.63, 3.8) is 0 Å². The van der Waals surface area contributed by atoms with Crippen molar-refractivity contribution in [2.45, 2.75) is 39.0 Å². The quantitative estimate of drug-likeness (QED) is 0.561. The number of anilines is 1. The first kappa shape index (κ1) is 19.6. The number of carbonyl (C=O) groups excluding carboxylic acids is 4. The number of aryl methyl sites for hydroxylation is 1. The fourth-order valence-corrected chi connectivity index (χ4v) is 5.25. The standard InChI is InChI=1S/C22H26N2O5/c1-2-13-5-3-4-6-16(13)23-17(25)12-29-18(26)9-10-24-21(27)19-14-7-8-15(11-14)20(19)22(24)28/h3-6,14-15,19-20H,2,7-12H2,1H3,(H,23,25)/t14-,15+,19-,20+. The molecule has 2 saturated carbocycles. The van der Waals surface area contributed by atoms with Crippen LogP contribution in [0.4, 0.5) is 5.69 Å². The third kappa shape index (κ3) is 3.66. The molecule has 4 atom stereocenters. The van der Waals surface area contributed by atoms with Crippen LogP contribution < -0.4 is 5.32 Å². The zero-order valence-electron chi connectivity index (χ0n) is 16.6. The maximum atomic E-state index is 12.6. The minimum absolute atomic E-state index is 0.0310. The van der Waals surface area contributed by atoms with E-state index in [4.69, 9.17) is 4.74 Å². The Kier molecular flexibility index (Phi) is 5.39. The zero-order chi connectivity index (χ0) is 20.5. The first-order valence-corrected chi connectivity index (χ1v) is 10.4. The number of para-hydroxylation sites is 1.